The maximum absolute atomic E-state index is 11.8. The van der Waals surface area contributed by atoms with Gasteiger partial charge in [-0.05, 0) is 31.4 Å². The van der Waals surface area contributed by atoms with Gasteiger partial charge in [0.05, 0.1) is 13.1 Å². The Bertz CT molecular complexity index is 430. The Kier molecular flexibility index (Phi) is 4.80. The molecule has 0 aromatic heterocycles. The smallest absolute Gasteiger partial charge is 0.236 e. The van der Waals surface area contributed by atoms with Crippen LogP contribution < -0.4 is 10.1 Å². The van der Waals surface area contributed by atoms with Gasteiger partial charge >= 0.3 is 0 Å². The Labute approximate surface area is 114 Å². The highest BCUT2D eigenvalue weighted by molar-refractivity contribution is 5.78. The molecule has 2 rings (SSSR count). The Morgan fingerprint density at radius 2 is 2.16 bits per heavy atom. The Morgan fingerprint density at radius 1 is 1.42 bits per heavy atom. The molecule has 1 amide bonds. The minimum Gasteiger partial charge on any atom is -0.491 e. The van der Waals surface area contributed by atoms with Gasteiger partial charge in [-0.25, -0.2) is 0 Å². The van der Waals surface area contributed by atoms with Crippen LogP contribution in [-0.4, -0.2) is 43.6 Å². The number of para-hydroxylation sites is 1. The molecule has 4 nitrogen and oxygen atoms in total. The fourth-order valence-corrected chi connectivity index (χ4v) is 1.79. The molecule has 0 aliphatic heterocycles. The zero-order valence-electron chi connectivity index (χ0n) is 11.7. The lowest BCUT2D eigenvalue weighted by molar-refractivity contribution is -0.129. The summed E-state index contributed by atoms with van der Waals surface area (Å²) in [7, 11) is 1.82. The molecule has 0 saturated heterocycles. The second-order valence-corrected chi connectivity index (χ2v) is 5.08. The van der Waals surface area contributed by atoms with Gasteiger partial charge in [0.25, 0.3) is 0 Å². The van der Waals surface area contributed by atoms with Crippen LogP contribution in [0.5, 0.6) is 5.75 Å². The molecule has 1 aliphatic rings. The summed E-state index contributed by atoms with van der Waals surface area (Å²) in [5.41, 5.74) is 1.12. The minimum atomic E-state index is 0.125. The van der Waals surface area contributed by atoms with E-state index in [0.29, 0.717) is 25.7 Å². The molecule has 19 heavy (non-hydrogen) atoms. The van der Waals surface area contributed by atoms with E-state index in [-0.39, 0.29) is 5.91 Å². The van der Waals surface area contributed by atoms with Gasteiger partial charge in [0.15, 0.2) is 0 Å². The lowest BCUT2D eigenvalue weighted by Gasteiger charge is -2.18. The third-order valence-corrected chi connectivity index (χ3v) is 3.32. The Hall–Kier alpha value is -1.55. The van der Waals surface area contributed by atoms with Gasteiger partial charge < -0.3 is 15.0 Å². The molecule has 0 bridgehead atoms. The first-order valence-corrected chi connectivity index (χ1v) is 6.82. The molecule has 0 atom stereocenters. The summed E-state index contributed by atoms with van der Waals surface area (Å²) in [5, 5.41) is 3.22. The van der Waals surface area contributed by atoms with Crippen LogP contribution in [0.15, 0.2) is 24.3 Å². The van der Waals surface area contributed by atoms with E-state index in [4.69, 9.17) is 4.74 Å². The molecule has 1 aromatic carbocycles. The number of nitrogens with one attached hydrogen (secondary N) is 1. The van der Waals surface area contributed by atoms with Crippen molar-refractivity contribution in [3.63, 3.8) is 0 Å². The molecule has 1 fully saturated rings. The van der Waals surface area contributed by atoms with Crippen LogP contribution in [0.2, 0.25) is 0 Å². The first kappa shape index (κ1) is 13.9. The molecule has 0 unspecified atom stereocenters. The number of carbonyl (C=O) groups excluding carboxylic acids is 1. The molecule has 4 heteroatoms. The number of benzene rings is 1. The van der Waals surface area contributed by atoms with Gasteiger partial charge in [-0.15, -0.1) is 0 Å². The van der Waals surface area contributed by atoms with Crippen LogP contribution in [0, 0.1) is 6.92 Å². The molecular weight excluding hydrogens is 240 g/mol. The highest BCUT2D eigenvalue weighted by Gasteiger charge is 2.21. The molecule has 1 saturated carbocycles. The number of rotatable bonds is 7. The number of hydrogen-bond donors (Lipinski definition) is 1. The van der Waals surface area contributed by atoms with E-state index in [2.05, 4.69) is 5.32 Å². The quantitative estimate of drug-likeness (QED) is 0.811. The average Bonchev–Trinajstić information content (AvgIpc) is 3.22. The Balaban J connectivity index is 1.66. The van der Waals surface area contributed by atoms with Crippen molar-refractivity contribution in [3.8, 4) is 5.75 Å². The minimum absolute atomic E-state index is 0.125. The third-order valence-electron chi connectivity index (χ3n) is 3.32. The number of amides is 1. The fraction of sp³-hybridized carbons (Fsp3) is 0.533. The Morgan fingerprint density at radius 3 is 2.84 bits per heavy atom. The predicted octanol–water partition coefficient (Wildman–Crippen LogP) is 1.58. The van der Waals surface area contributed by atoms with Crippen molar-refractivity contribution in [2.45, 2.75) is 25.8 Å². The lowest BCUT2D eigenvalue weighted by atomic mass is 10.2. The fourth-order valence-electron chi connectivity index (χ4n) is 1.79. The van der Waals surface area contributed by atoms with Gasteiger partial charge in [-0.2, -0.15) is 0 Å². The average molecular weight is 262 g/mol. The normalized spacial score (nSPS) is 14.2. The van der Waals surface area contributed by atoms with Gasteiger partial charge in [-0.1, -0.05) is 18.2 Å². The number of carbonyl (C=O) groups is 1. The number of ether oxygens (including phenoxy) is 1. The number of likely N-dealkylation sites (N-methyl/N-ethyl adjacent to an activating group) is 1. The molecule has 0 spiro atoms. The van der Waals surface area contributed by atoms with Crippen molar-refractivity contribution < 1.29 is 9.53 Å². The largest absolute Gasteiger partial charge is 0.491 e. The zero-order valence-corrected chi connectivity index (χ0v) is 11.7. The van der Waals surface area contributed by atoms with Crippen molar-refractivity contribution in [1.29, 1.82) is 0 Å². The van der Waals surface area contributed by atoms with Crippen LogP contribution in [0.4, 0.5) is 0 Å². The molecule has 1 aliphatic carbocycles. The maximum Gasteiger partial charge on any atom is 0.236 e. The van der Waals surface area contributed by atoms with Crippen LogP contribution in [-0.2, 0) is 4.79 Å². The van der Waals surface area contributed by atoms with E-state index >= 15 is 0 Å². The van der Waals surface area contributed by atoms with Gasteiger partial charge in [0, 0.05) is 13.1 Å². The van der Waals surface area contributed by atoms with E-state index in [1.54, 1.807) is 4.90 Å². The standard InChI is InChI=1S/C15H22N2O2/c1-12-5-3-4-6-14(12)19-10-9-17(2)15(18)11-16-13-7-8-13/h3-6,13,16H,7-11H2,1-2H3. The molecule has 104 valence electrons. The van der Waals surface area contributed by atoms with E-state index in [0.717, 1.165) is 11.3 Å². The van der Waals surface area contributed by atoms with E-state index < -0.39 is 0 Å². The first-order chi connectivity index (χ1) is 9.16. The monoisotopic (exact) mass is 262 g/mol. The first-order valence-electron chi connectivity index (χ1n) is 6.82. The second kappa shape index (κ2) is 6.57. The lowest BCUT2D eigenvalue weighted by Crippen LogP contribution is -2.38. The van der Waals surface area contributed by atoms with Crippen molar-refractivity contribution >= 4 is 5.91 Å². The van der Waals surface area contributed by atoms with Crippen molar-refractivity contribution in [3.05, 3.63) is 29.8 Å². The number of nitrogens with zero attached hydrogens (tertiary/aromatic N) is 1. The molecule has 0 radical (unpaired) electrons. The zero-order chi connectivity index (χ0) is 13.7. The van der Waals surface area contributed by atoms with Crippen molar-refractivity contribution in [2.75, 3.05) is 26.7 Å². The van der Waals surface area contributed by atoms with Crippen LogP contribution in [0.25, 0.3) is 0 Å². The van der Waals surface area contributed by atoms with Crippen molar-refractivity contribution in [1.82, 2.24) is 10.2 Å². The van der Waals surface area contributed by atoms with Crippen LogP contribution in [0.1, 0.15) is 18.4 Å². The summed E-state index contributed by atoms with van der Waals surface area (Å²) in [6.45, 7) is 3.59. The van der Waals surface area contributed by atoms with Gasteiger partial charge in [0.2, 0.25) is 5.91 Å². The molecule has 1 N–H and O–H groups in total. The second-order valence-electron chi connectivity index (χ2n) is 5.08. The van der Waals surface area contributed by atoms with Gasteiger partial charge in [0.1, 0.15) is 12.4 Å². The predicted molar refractivity (Wildman–Crippen MR) is 75.3 cm³/mol. The van der Waals surface area contributed by atoms with Crippen LogP contribution >= 0.6 is 0 Å². The highest BCUT2D eigenvalue weighted by atomic mass is 16.5. The maximum atomic E-state index is 11.8. The summed E-state index contributed by atoms with van der Waals surface area (Å²) >= 11 is 0. The molecule has 0 heterocycles. The molecule has 1 aromatic rings. The summed E-state index contributed by atoms with van der Waals surface area (Å²) in [6.07, 6.45) is 2.40. The van der Waals surface area contributed by atoms with E-state index in [1.165, 1.54) is 12.8 Å². The van der Waals surface area contributed by atoms with E-state index in [9.17, 15) is 4.79 Å². The topological polar surface area (TPSA) is 41.6 Å². The number of aryl methyl sites for hydroxylation is 1. The summed E-state index contributed by atoms with van der Waals surface area (Å²) < 4.78 is 5.68. The van der Waals surface area contributed by atoms with Crippen molar-refractivity contribution in [2.24, 2.45) is 0 Å². The number of hydrogen-bond acceptors (Lipinski definition) is 3. The summed E-state index contributed by atoms with van der Waals surface area (Å²) in [6, 6.07) is 8.48. The SMILES string of the molecule is Cc1ccccc1OCCN(C)C(=O)CNC1CC1. The summed E-state index contributed by atoms with van der Waals surface area (Å²) in [4.78, 5) is 13.5. The van der Waals surface area contributed by atoms with Gasteiger partial charge in [-0.3, -0.25) is 4.79 Å². The third kappa shape index (κ3) is 4.56. The van der Waals surface area contributed by atoms with E-state index in [1.807, 2.05) is 38.2 Å². The van der Waals surface area contributed by atoms with Crippen LogP contribution in [0.3, 0.4) is 0 Å². The molecular formula is C15H22N2O2. The summed E-state index contributed by atoms with van der Waals surface area (Å²) in [5.74, 6) is 1.01. The highest BCUT2D eigenvalue weighted by Crippen LogP contribution is 2.18.